The third-order valence-corrected chi connectivity index (χ3v) is 2.53. The molecule has 2 N–H and O–H groups in total. The summed E-state index contributed by atoms with van der Waals surface area (Å²) in [7, 11) is 0. The molecule has 1 aliphatic rings. The molecule has 0 bridgehead atoms. The van der Waals surface area contributed by atoms with E-state index < -0.39 is 0 Å². The van der Waals surface area contributed by atoms with Gasteiger partial charge in [-0.25, -0.2) is 0 Å². The Morgan fingerprint density at radius 1 is 1.64 bits per heavy atom. The molecule has 0 aromatic carbocycles. The third kappa shape index (κ3) is 2.33. The van der Waals surface area contributed by atoms with Crippen LogP contribution in [-0.4, -0.2) is 29.0 Å². The van der Waals surface area contributed by atoms with Gasteiger partial charge in [-0.3, -0.25) is 4.68 Å². The van der Waals surface area contributed by atoms with E-state index in [2.05, 4.69) is 11.3 Å². The molecule has 1 fully saturated rings. The molecule has 2 rings (SSSR count). The number of hydrogen-bond donors (Lipinski definition) is 1. The average molecular weight is 195 g/mol. The van der Waals surface area contributed by atoms with Crippen molar-refractivity contribution in [3.05, 3.63) is 18.0 Å². The lowest BCUT2D eigenvalue weighted by atomic mass is 10.2. The van der Waals surface area contributed by atoms with E-state index in [0.29, 0.717) is 12.6 Å². The summed E-state index contributed by atoms with van der Waals surface area (Å²) in [5.41, 5.74) is 6.69. The van der Waals surface area contributed by atoms with Gasteiger partial charge in [0.25, 0.3) is 0 Å². The summed E-state index contributed by atoms with van der Waals surface area (Å²) >= 11 is 0. The first kappa shape index (κ1) is 9.68. The first-order chi connectivity index (χ1) is 6.88. The van der Waals surface area contributed by atoms with E-state index in [4.69, 9.17) is 10.5 Å². The molecule has 0 saturated carbocycles. The van der Waals surface area contributed by atoms with Gasteiger partial charge in [0.2, 0.25) is 0 Å². The SMILES string of the molecule is NCCc1cnn(C[C@H]2CCCO2)c1. The molecule has 0 amide bonds. The molecule has 14 heavy (non-hydrogen) atoms. The summed E-state index contributed by atoms with van der Waals surface area (Å²) in [6.07, 6.45) is 7.57. The van der Waals surface area contributed by atoms with Crippen LogP contribution in [0.3, 0.4) is 0 Å². The lowest BCUT2D eigenvalue weighted by Gasteiger charge is -2.08. The molecular formula is C10H17N3O. The lowest BCUT2D eigenvalue weighted by molar-refractivity contribution is 0.0940. The summed E-state index contributed by atoms with van der Waals surface area (Å²) in [6.45, 7) is 2.47. The van der Waals surface area contributed by atoms with Crippen LogP contribution in [0.2, 0.25) is 0 Å². The Hall–Kier alpha value is -0.870. The number of aromatic nitrogens is 2. The fourth-order valence-corrected chi connectivity index (χ4v) is 1.80. The van der Waals surface area contributed by atoms with Crippen LogP contribution in [-0.2, 0) is 17.7 Å². The van der Waals surface area contributed by atoms with Crippen molar-refractivity contribution < 1.29 is 4.74 Å². The van der Waals surface area contributed by atoms with Gasteiger partial charge in [-0.2, -0.15) is 5.10 Å². The van der Waals surface area contributed by atoms with Gasteiger partial charge in [0, 0.05) is 12.8 Å². The minimum Gasteiger partial charge on any atom is -0.376 e. The van der Waals surface area contributed by atoms with Crippen molar-refractivity contribution in [1.29, 1.82) is 0 Å². The second-order valence-electron chi connectivity index (χ2n) is 3.74. The molecule has 0 spiro atoms. The van der Waals surface area contributed by atoms with Gasteiger partial charge in [-0.05, 0) is 31.4 Å². The molecule has 2 heterocycles. The Bertz CT molecular complexity index is 279. The molecule has 1 saturated heterocycles. The van der Waals surface area contributed by atoms with Gasteiger partial charge in [0.1, 0.15) is 0 Å². The Kier molecular flexibility index (Phi) is 3.16. The largest absolute Gasteiger partial charge is 0.376 e. The molecule has 1 aromatic heterocycles. The number of hydrogen-bond acceptors (Lipinski definition) is 3. The minimum absolute atomic E-state index is 0.362. The highest BCUT2D eigenvalue weighted by molar-refractivity contribution is 5.04. The van der Waals surface area contributed by atoms with Crippen molar-refractivity contribution in [2.45, 2.75) is 31.9 Å². The monoisotopic (exact) mass is 195 g/mol. The Labute approximate surface area is 84.0 Å². The molecule has 0 aliphatic carbocycles. The Balaban J connectivity index is 1.88. The lowest BCUT2D eigenvalue weighted by Crippen LogP contribution is -2.15. The molecule has 1 atom stereocenters. The summed E-state index contributed by atoms with van der Waals surface area (Å²) in [4.78, 5) is 0. The molecule has 4 nitrogen and oxygen atoms in total. The predicted octanol–water partition coefficient (Wildman–Crippen LogP) is 0.563. The predicted molar refractivity (Wildman–Crippen MR) is 54.0 cm³/mol. The van der Waals surface area contributed by atoms with Crippen molar-refractivity contribution in [3.63, 3.8) is 0 Å². The van der Waals surface area contributed by atoms with E-state index in [1.54, 1.807) is 0 Å². The summed E-state index contributed by atoms with van der Waals surface area (Å²) in [6, 6.07) is 0. The Morgan fingerprint density at radius 2 is 2.57 bits per heavy atom. The number of nitrogens with two attached hydrogens (primary N) is 1. The number of nitrogens with zero attached hydrogens (tertiary/aromatic N) is 2. The zero-order chi connectivity index (χ0) is 9.80. The quantitative estimate of drug-likeness (QED) is 0.764. The zero-order valence-electron chi connectivity index (χ0n) is 8.35. The van der Waals surface area contributed by atoms with Crippen molar-refractivity contribution in [3.8, 4) is 0 Å². The summed E-state index contributed by atoms with van der Waals surface area (Å²) < 4.78 is 7.50. The highest BCUT2D eigenvalue weighted by Crippen LogP contribution is 2.13. The smallest absolute Gasteiger partial charge is 0.0771 e. The van der Waals surface area contributed by atoms with Gasteiger partial charge < -0.3 is 10.5 Å². The first-order valence-electron chi connectivity index (χ1n) is 5.21. The maximum atomic E-state index is 5.54. The minimum atomic E-state index is 0.362. The topological polar surface area (TPSA) is 53.1 Å². The number of rotatable bonds is 4. The first-order valence-corrected chi connectivity index (χ1v) is 5.21. The van der Waals surface area contributed by atoms with E-state index in [-0.39, 0.29) is 0 Å². The van der Waals surface area contributed by atoms with Crippen LogP contribution in [0.5, 0.6) is 0 Å². The molecule has 0 radical (unpaired) electrons. The molecule has 1 aromatic rings. The molecule has 4 heteroatoms. The summed E-state index contributed by atoms with van der Waals surface area (Å²) in [5.74, 6) is 0. The fraction of sp³-hybridized carbons (Fsp3) is 0.700. The van der Waals surface area contributed by atoms with E-state index in [1.807, 2.05) is 10.9 Å². The van der Waals surface area contributed by atoms with Crippen molar-refractivity contribution >= 4 is 0 Å². The second-order valence-corrected chi connectivity index (χ2v) is 3.74. The van der Waals surface area contributed by atoms with Crippen LogP contribution in [0.1, 0.15) is 18.4 Å². The highest BCUT2D eigenvalue weighted by atomic mass is 16.5. The van der Waals surface area contributed by atoms with E-state index in [0.717, 1.165) is 26.0 Å². The highest BCUT2D eigenvalue weighted by Gasteiger charge is 2.16. The average Bonchev–Trinajstić information content (AvgIpc) is 2.79. The van der Waals surface area contributed by atoms with Crippen LogP contribution in [0.15, 0.2) is 12.4 Å². The molecule has 78 valence electrons. The summed E-state index contributed by atoms with van der Waals surface area (Å²) in [5, 5.41) is 4.28. The van der Waals surface area contributed by atoms with Crippen LogP contribution < -0.4 is 5.73 Å². The zero-order valence-corrected chi connectivity index (χ0v) is 8.35. The van der Waals surface area contributed by atoms with Crippen molar-refractivity contribution in [2.75, 3.05) is 13.2 Å². The van der Waals surface area contributed by atoms with Crippen molar-refractivity contribution in [1.82, 2.24) is 9.78 Å². The van der Waals surface area contributed by atoms with E-state index in [1.165, 1.54) is 12.0 Å². The van der Waals surface area contributed by atoms with Crippen LogP contribution in [0.4, 0.5) is 0 Å². The fourth-order valence-electron chi connectivity index (χ4n) is 1.80. The van der Waals surface area contributed by atoms with Gasteiger partial charge in [-0.1, -0.05) is 0 Å². The van der Waals surface area contributed by atoms with Crippen LogP contribution in [0, 0.1) is 0 Å². The van der Waals surface area contributed by atoms with Crippen LogP contribution in [0.25, 0.3) is 0 Å². The normalized spacial score (nSPS) is 21.6. The molecular weight excluding hydrogens is 178 g/mol. The third-order valence-electron chi connectivity index (χ3n) is 2.53. The van der Waals surface area contributed by atoms with Gasteiger partial charge in [0.15, 0.2) is 0 Å². The van der Waals surface area contributed by atoms with E-state index >= 15 is 0 Å². The van der Waals surface area contributed by atoms with Gasteiger partial charge >= 0.3 is 0 Å². The van der Waals surface area contributed by atoms with Crippen molar-refractivity contribution in [2.24, 2.45) is 5.73 Å². The van der Waals surface area contributed by atoms with Gasteiger partial charge in [-0.15, -0.1) is 0 Å². The van der Waals surface area contributed by atoms with E-state index in [9.17, 15) is 0 Å². The van der Waals surface area contributed by atoms with Gasteiger partial charge in [0.05, 0.1) is 18.8 Å². The maximum Gasteiger partial charge on any atom is 0.0771 e. The number of ether oxygens (including phenoxy) is 1. The molecule has 1 aliphatic heterocycles. The van der Waals surface area contributed by atoms with Crippen LogP contribution >= 0.6 is 0 Å². The second kappa shape index (κ2) is 4.57. The Morgan fingerprint density at radius 3 is 3.29 bits per heavy atom. The molecule has 0 unspecified atom stereocenters. The maximum absolute atomic E-state index is 5.54. The standard InChI is InChI=1S/C10H17N3O/c11-4-3-9-6-12-13(7-9)8-10-2-1-5-14-10/h6-7,10H,1-5,8,11H2/t10-/m1/s1.